The van der Waals surface area contributed by atoms with Crippen LogP contribution in [0.1, 0.15) is 43.0 Å². The highest BCUT2D eigenvalue weighted by Crippen LogP contribution is 2.25. The Kier molecular flexibility index (Phi) is 4.96. The average Bonchev–Trinajstić information content (AvgIpc) is 2.57. The number of fused-ring (bicyclic) bond motifs is 1. The van der Waals surface area contributed by atoms with Gasteiger partial charge in [0.2, 0.25) is 0 Å². The summed E-state index contributed by atoms with van der Waals surface area (Å²) in [5.74, 6) is 0. The fourth-order valence-electron chi connectivity index (χ4n) is 3.40. The molecule has 0 radical (unpaired) electrons. The molecule has 25 heavy (non-hydrogen) atoms. The Hall–Kier alpha value is -2.12. The predicted octanol–water partition coefficient (Wildman–Crippen LogP) is 6.08. The largest absolute Gasteiger partial charge is 0.298 e. The van der Waals surface area contributed by atoms with E-state index >= 15 is 0 Å². The zero-order valence-electron chi connectivity index (χ0n) is 16.1. The van der Waals surface area contributed by atoms with Crippen molar-refractivity contribution in [1.29, 1.82) is 0 Å². The summed E-state index contributed by atoms with van der Waals surface area (Å²) >= 11 is 0. The highest BCUT2D eigenvalue weighted by atomic mass is 15.1. The van der Waals surface area contributed by atoms with Crippen LogP contribution < -0.4 is 0 Å². The molecule has 0 N–H and O–H groups in total. The summed E-state index contributed by atoms with van der Waals surface area (Å²) in [6, 6.07) is 22.2. The van der Waals surface area contributed by atoms with Crippen molar-refractivity contribution in [2.45, 2.75) is 46.2 Å². The molecule has 0 bridgehead atoms. The van der Waals surface area contributed by atoms with Crippen LogP contribution in [-0.2, 0) is 18.5 Å². The monoisotopic (exact) mass is 331 g/mol. The Balaban J connectivity index is 1.77. The Morgan fingerprint density at radius 2 is 1.48 bits per heavy atom. The van der Waals surface area contributed by atoms with E-state index < -0.39 is 0 Å². The molecule has 0 aliphatic rings. The van der Waals surface area contributed by atoms with Crippen LogP contribution in [0.25, 0.3) is 10.8 Å². The van der Waals surface area contributed by atoms with Gasteiger partial charge in [0.15, 0.2) is 0 Å². The molecule has 3 aromatic carbocycles. The van der Waals surface area contributed by atoms with Gasteiger partial charge in [-0.3, -0.25) is 4.90 Å². The molecule has 0 amide bonds. The topological polar surface area (TPSA) is 3.24 Å². The van der Waals surface area contributed by atoms with Gasteiger partial charge in [0, 0.05) is 13.1 Å². The number of hydrogen-bond acceptors (Lipinski definition) is 1. The maximum Gasteiger partial charge on any atom is 0.0243 e. The van der Waals surface area contributed by atoms with Gasteiger partial charge in [-0.2, -0.15) is 0 Å². The lowest BCUT2D eigenvalue weighted by Gasteiger charge is -2.22. The molecule has 0 saturated heterocycles. The number of benzene rings is 3. The minimum absolute atomic E-state index is 0.213. The van der Waals surface area contributed by atoms with Crippen molar-refractivity contribution in [3.63, 3.8) is 0 Å². The second-order valence-corrected chi connectivity index (χ2v) is 8.20. The lowest BCUT2D eigenvalue weighted by molar-refractivity contribution is 0.319. The van der Waals surface area contributed by atoms with Gasteiger partial charge in [0.1, 0.15) is 0 Å². The summed E-state index contributed by atoms with van der Waals surface area (Å²) < 4.78 is 0. The fourth-order valence-corrected chi connectivity index (χ4v) is 3.40. The van der Waals surface area contributed by atoms with E-state index in [-0.39, 0.29) is 5.41 Å². The molecule has 0 aliphatic heterocycles. The van der Waals surface area contributed by atoms with Gasteiger partial charge < -0.3 is 0 Å². The summed E-state index contributed by atoms with van der Waals surface area (Å²) in [4.78, 5) is 2.40. The molecular weight excluding hydrogens is 302 g/mol. The van der Waals surface area contributed by atoms with Crippen molar-refractivity contribution in [2.24, 2.45) is 0 Å². The third-order valence-electron chi connectivity index (χ3n) is 4.98. The molecule has 1 heteroatoms. The van der Waals surface area contributed by atoms with Crippen molar-refractivity contribution >= 4 is 10.8 Å². The first kappa shape index (κ1) is 17.7. The third-order valence-corrected chi connectivity index (χ3v) is 4.98. The van der Waals surface area contributed by atoms with Crippen LogP contribution in [0.15, 0.2) is 60.7 Å². The zero-order chi connectivity index (χ0) is 18.0. The number of hydrogen-bond donors (Lipinski definition) is 0. The first-order valence-electron chi connectivity index (χ1n) is 9.10. The zero-order valence-corrected chi connectivity index (χ0v) is 16.1. The highest BCUT2D eigenvalue weighted by molar-refractivity contribution is 5.86. The summed E-state index contributed by atoms with van der Waals surface area (Å²) in [7, 11) is 2.21. The molecule has 0 heterocycles. The first-order valence-corrected chi connectivity index (χ1v) is 9.10. The van der Waals surface area contributed by atoms with E-state index in [2.05, 4.69) is 100 Å². The minimum Gasteiger partial charge on any atom is -0.298 e. The van der Waals surface area contributed by atoms with Gasteiger partial charge in [0.05, 0.1) is 0 Å². The Morgan fingerprint density at radius 1 is 0.800 bits per heavy atom. The molecule has 0 atom stereocenters. The molecule has 0 spiro atoms. The average molecular weight is 332 g/mol. The molecular formula is C24H29N. The summed E-state index contributed by atoms with van der Waals surface area (Å²) in [5.41, 5.74) is 5.78. The van der Waals surface area contributed by atoms with E-state index in [4.69, 9.17) is 0 Å². The summed E-state index contributed by atoms with van der Waals surface area (Å²) in [5, 5.41) is 2.70. The number of rotatable bonds is 4. The van der Waals surface area contributed by atoms with E-state index in [1.54, 1.807) is 0 Å². The summed E-state index contributed by atoms with van der Waals surface area (Å²) in [6.07, 6.45) is 0. The van der Waals surface area contributed by atoms with E-state index in [9.17, 15) is 0 Å². The normalized spacial score (nSPS) is 12.1. The van der Waals surface area contributed by atoms with Crippen molar-refractivity contribution in [2.75, 3.05) is 7.05 Å². The van der Waals surface area contributed by atoms with Crippen molar-refractivity contribution < 1.29 is 0 Å². The molecule has 0 saturated carbocycles. The van der Waals surface area contributed by atoms with E-state index in [0.717, 1.165) is 13.1 Å². The second-order valence-electron chi connectivity index (χ2n) is 8.20. The molecule has 0 fully saturated rings. The molecule has 3 rings (SSSR count). The Labute approximate surface area is 152 Å². The maximum absolute atomic E-state index is 2.40. The van der Waals surface area contributed by atoms with Gasteiger partial charge in [-0.15, -0.1) is 0 Å². The second kappa shape index (κ2) is 7.01. The standard InChI is InChI=1S/C24H29N/c1-18-10-13-20-8-6-7-9-22(20)23(18)17-25(5)16-19-11-14-21(15-12-19)24(2,3)4/h6-15H,16-17H2,1-5H3. The predicted molar refractivity (Wildman–Crippen MR) is 109 cm³/mol. The third kappa shape index (κ3) is 4.11. The molecule has 0 aliphatic carbocycles. The molecule has 0 aromatic heterocycles. The molecule has 1 nitrogen and oxygen atoms in total. The smallest absolute Gasteiger partial charge is 0.0243 e. The summed E-state index contributed by atoms with van der Waals surface area (Å²) in [6.45, 7) is 10.9. The SMILES string of the molecule is Cc1ccc2ccccc2c1CN(C)Cc1ccc(C(C)(C)C)cc1. The van der Waals surface area contributed by atoms with Gasteiger partial charge >= 0.3 is 0 Å². The lowest BCUT2D eigenvalue weighted by Crippen LogP contribution is -2.18. The Morgan fingerprint density at radius 3 is 2.16 bits per heavy atom. The number of aryl methyl sites for hydroxylation is 1. The van der Waals surface area contributed by atoms with Crippen LogP contribution in [0.3, 0.4) is 0 Å². The van der Waals surface area contributed by atoms with Crippen LogP contribution >= 0.6 is 0 Å². The van der Waals surface area contributed by atoms with Crippen molar-refractivity contribution in [1.82, 2.24) is 4.90 Å². The van der Waals surface area contributed by atoms with E-state index in [1.807, 2.05) is 0 Å². The van der Waals surface area contributed by atoms with Gasteiger partial charge in [0.25, 0.3) is 0 Å². The van der Waals surface area contributed by atoms with Gasteiger partial charge in [-0.1, -0.05) is 81.4 Å². The fraction of sp³-hybridized carbons (Fsp3) is 0.333. The Bertz CT molecular complexity index is 853. The van der Waals surface area contributed by atoms with Crippen molar-refractivity contribution in [3.8, 4) is 0 Å². The van der Waals surface area contributed by atoms with Crippen LogP contribution in [0.4, 0.5) is 0 Å². The first-order chi connectivity index (χ1) is 11.8. The van der Waals surface area contributed by atoms with Crippen molar-refractivity contribution in [3.05, 3.63) is 82.9 Å². The van der Waals surface area contributed by atoms with Gasteiger partial charge in [-0.25, -0.2) is 0 Å². The minimum atomic E-state index is 0.213. The quantitative estimate of drug-likeness (QED) is 0.560. The van der Waals surface area contributed by atoms with Crippen LogP contribution in [0.5, 0.6) is 0 Å². The molecule has 3 aromatic rings. The van der Waals surface area contributed by atoms with Crippen LogP contribution in [0.2, 0.25) is 0 Å². The lowest BCUT2D eigenvalue weighted by atomic mass is 9.87. The highest BCUT2D eigenvalue weighted by Gasteiger charge is 2.13. The van der Waals surface area contributed by atoms with Crippen LogP contribution in [-0.4, -0.2) is 11.9 Å². The maximum atomic E-state index is 2.40. The van der Waals surface area contributed by atoms with E-state index in [0.29, 0.717) is 0 Å². The molecule has 130 valence electrons. The van der Waals surface area contributed by atoms with Crippen LogP contribution in [0, 0.1) is 6.92 Å². The number of nitrogens with zero attached hydrogens (tertiary/aromatic N) is 1. The van der Waals surface area contributed by atoms with E-state index in [1.165, 1.54) is 33.0 Å². The molecule has 0 unspecified atom stereocenters. The van der Waals surface area contributed by atoms with Gasteiger partial charge in [-0.05, 0) is 52.4 Å².